The van der Waals surface area contributed by atoms with E-state index in [2.05, 4.69) is 15.9 Å². The maximum Gasteiger partial charge on any atom is 0.341 e. The van der Waals surface area contributed by atoms with Gasteiger partial charge in [-0.2, -0.15) is 0 Å². The van der Waals surface area contributed by atoms with Crippen molar-refractivity contribution in [3.63, 3.8) is 0 Å². The third-order valence-electron chi connectivity index (χ3n) is 3.98. The average molecular weight is 455 g/mol. The number of hydrogen-bond acceptors (Lipinski definition) is 4. The summed E-state index contributed by atoms with van der Waals surface area (Å²) in [5.74, 6) is 0.443. The monoisotopic (exact) mass is 453 g/mol. The van der Waals surface area contributed by atoms with Gasteiger partial charge in [0.05, 0.1) is 27.2 Å². The molecule has 0 bridgehead atoms. The van der Waals surface area contributed by atoms with Crippen molar-refractivity contribution >= 4 is 56.2 Å². The van der Waals surface area contributed by atoms with Crippen molar-refractivity contribution in [2.24, 2.45) is 7.05 Å². The van der Waals surface area contributed by atoms with Crippen LogP contribution in [-0.2, 0) is 17.5 Å². The van der Waals surface area contributed by atoms with Gasteiger partial charge in [0.2, 0.25) is 0 Å². The fourth-order valence-electron chi connectivity index (χ4n) is 2.72. The highest BCUT2D eigenvalue weighted by molar-refractivity contribution is 9.10. The maximum atomic E-state index is 12.6. The van der Waals surface area contributed by atoms with Crippen molar-refractivity contribution in [1.29, 1.82) is 0 Å². The summed E-state index contributed by atoms with van der Waals surface area (Å²) in [5, 5.41) is 12.3. The number of aromatic hydroxyl groups is 1. The molecular weight excluding hydrogens is 438 g/mol. The van der Waals surface area contributed by atoms with Gasteiger partial charge in [-0.1, -0.05) is 23.7 Å². The molecule has 0 aliphatic heterocycles. The lowest BCUT2D eigenvalue weighted by Crippen LogP contribution is -2.06. The number of carbonyl (C=O) groups excluding carboxylic acids is 1. The molecular formula is C19H17BrClNO3S. The first-order valence-corrected chi connectivity index (χ1v) is 10.1. The van der Waals surface area contributed by atoms with E-state index in [9.17, 15) is 9.90 Å². The lowest BCUT2D eigenvalue weighted by Gasteiger charge is -2.08. The van der Waals surface area contributed by atoms with Crippen LogP contribution in [0.2, 0.25) is 5.02 Å². The van der Waals surface area contributed by atoms with Crippen molar-refractivity contribution in [2.75, 3.05) is 6.61 Å². The lowest BCUT2D eigenvalue weighted by molar-refractivity contribution is 0.0524. The van der Waals surface area contributed by atoms with E-state index in [-0.39, 0.29) is 11.7 Å². The Morgan fingerprint density at radius 2 is 2.00 bits per heavy atom. The second kappa shape index (κ2) is 7.94. The van der Waals surface area contributed by atoms with Crippen LogP contribution in [0.1, 0.15) is 22.8 Å². The molecule has 2 aromatic carbocycles. The first-order valence-electron chi connectivity index (χ1n) is 7.97. The molecule has 0 radical (unpaired) electrons. The summed E-state index contributed by atoms with van der Waals surface area (Å²) in [6, 6.07) is 11.0. The topological polar surface area (TPSA) is 51.5 Å². The molecule has 26 heavy (non-hydrogen) atoms. The largest absolute Gasteiger partial charge is 0.507 e. The minimum absolute atomic E-state index is 0.128. The smallest absolute Gasteiger partial charge is 0.341 e. The number of aromatic nitrogens is 1. The number of ether oxygens (including phenoxy) is 1. The molecule has 4 nitrogen and oxygen atoms in total. The molecule has 7 heteroatoms. The highest BCUT2D eigenvalue weighted by atomic mass is 79.9. The molecule has 0 saturated heterocycles. The fourth-order valence-corrected chi connectivity index (χ4v) is 4.32. The van der Waals surface area contributed by atoms with E-state index in [1.54, 1.807) is 30.8 Å². The molecule has 0 aliphatic rings. The van der Waals surface area contributed by atoms with Crippen molar-refractivity contribution in [1.82, 2.24) is 4.57 Å². The van der Waals surface area contributed by atoms with Gasteiger partial charge < -0.3 is 14.4 Å². The molecule has 0 saturated carbocycles. The van der Waals surface area contributed by atoms with Crippen LogP contribution in [0.3, 0.4) is 0 Å². The molecule has 0 aliphatic carbocycles. The number of carbonyl (C=O) groups is 1. The zero-order chi connectivity index (χ0) is 18.8. The second-order valence-corrected chi connectivity index (χ2v) is 7.95. The Kier molecular flexibility index (Phi) is 5.85. The average Bonchev–Trinajstić information content (AvgIpc) is 2.87. The number of phenols is 1. The van der Waals surface area contributed by atoms with Gasteiger partial charge in [-0.15, -0.1) is 11.8 Å². The van der Waals surface area contributed by atoms with Gasteiger partial charge in [-0.25, -0.2) is 4.79 Å². The van der Waals surface area contributed by atoms with Gasteiger partial charge in [0.15, 0.2) is 0 Å². The molecule has 3 rings (SSSR count). The number of esters is 1. The third kappa shape index (κ3) is 3.72. The first-order chi connectivity index (χ1) is 12.4. The quantitative estimate of drug-likeness (QED) is 0.393. The molecule has 1 aromatic heterocycles. The summed E-state index contributed by atoms with van der Waals surface area (Å²) in [4.78, 5) is 12.6. The van der Waals surface area contributed by atoms with Crippen LogP contribution >= 0.6 is 39.3 Å². The van der Waals surface area contributed by atoms with Crippen LogP contribution in [0.25, 0.3) is 10.9 Å². The van der Waals surface area contributed by atoms with Crippen LogP contribution < -0.4 is 0 Å². The van der Waals surface area contributed by atoms with Crippen molar-refractivity contribution in [2.45, 2.75) is 17.7 Å². The normalized spacial score (nSPS) is 11.1. The van der Waals surface area contributed by atoms with E-state index >= 15 is 0 Å². The number of hydrogen-bond donors (Lipinski definition) is 1. The van der Waals surface area contributed by atoms with Crippen molar-refractivity contribution in [3.05, 3.63) is 57.0 Å². The number of thioether (sulfide) groups is 1. The number of nitrogens with zero attached hydrogens (tertiary/aromatic N) is 1. The number of phenolic OH excluding ortho intramolecular Hbond substituents is 1. The van der Waals surface area contributed by atoms with Gasteiger partial charge in [-0.05, 0) is 46.6 Å². The van der Waals surface area contributed by atoms with Gasteiger partial charge in [-0.3, -0.25) is 0 Å². The minimum Gasteiger partial charge on any atom is -0.507 e. The maximum absolute atomic E-state index is 12.6. The second-order valence-electron chi connectivity index (χ2n) is 5.70. The summed E-state index contributed by atoms with van der Waals surface area (Å²) in [7, 11) is 1.88. The standard InChI is InChI=1S/C19H17BrClNO3S/c1-3-25-19(24)17-13-8-14(20)16(23)9-15(13)22(2)18(17)26-10-11-4-6-12(21)7-5-11/h4-9,23H,3,10H2,1-2H3. The molecule has 1 heterocycles. The fraction of sp³-hybridized carbons (Fsp3) is 0.211. The summed E-state index contributed by atoms with van der Waals surface area (Å²) in [6.45, 7) is 2.08. The van der Waals surface area contributed by atoms with E-state index in [1.165, 1.54) is 0 Å². The van der Waals surface area contributed by atoms with Gasteiger partial charge in [0.25, 0.3) is 0 Å². The summed E-state index contributed by atoms with van der Waals surface area (Å²) >= 11 is 10.8. The van der Waals surface area contributed by atoms with Crippen LogP contribution in [0.5, 0.6) is 5.75 Å². The molecule has 3 aromatic rings. The van der Waals surface area contributed by atoms with Gasteiger partial charge in [0.1, 0.15) is 5.75 Å². The van der Waals surface area contributed by atoms with Crippen LogP contribution in [-0.4, -0.2) is 22.2 Å². The highest BCUT2D eigenvalue weighted by Gasteiger charge is 2.24. The molecule has 0 spiro atoms. The minimum atomic E-state index is -0.366. The van der Waals surface area contributed by atoms with Crippen molar-refractivity contribution < 1.29 is 14.6 Å². The Hall–Kier alpha value is -1.63. The third-order valence-corrected chi connectivity index (χ3v) is 6.10. The highest BCUT2D eigenvalue weighted by Crippen LogP contribution is 2.39. The van der Waals surface area contributed by atoms with Crippen LogP contribution in [0, 0.1) is 0 Å². The van der Waals surface area contributed by atoms with Gasteiger partial charge in [0, 0.05) is 29.3 Å². The Bertz CT molecular complexity index is 969. The van der Waals surface area contributed by atoms with Crippen LogP contribution in [0.15, 0.2) is 45.9 Å². The Morgan fingerprint density at radius 1 is 1.31 bits per heavy atom. The number of fused-ring (bicyclic) bond motifs is 1. The summed E-state index contributed by atoms with van der Waals surface area (Å²) in [5.41, 5.74) is 2.39. The molecule has 1 N–H and O–H groups in total. The molecule has 136 valence electrons. The lowest BCUT2D eigenvalue weighted by atomic mass is 10.1. The summed E-state index contributed by atoms with van der Waals surface area (Å²) in [6.07, 6.45) is 0. The molecule has 0 unspecified atom stereocenters. The van der Waals surface area contributed by atoms with Crippen molar-refractivity contribution in [3.8, 4) is 5.75 Å². The van der Waals surface area contributed by atoms with E-state index in [1.807, 2.05) is 35.9 Å². The number of benzene rings is 2. The predicted molar refractivity (Wildman–Crippen MR) is 109 cm³/mol. The van der Waals surface area contributed by atoms with E-state index < -0.39 is 0 Å². The number of aryl methyl sites for hydroxylation is 1. The number of rotatable bonds is 5. The SMILES string of the molecule is CCOC(=O)c1c(SCc2ccc(Cl)cc2)n(C)c2cc(O)c(Br)cc12. The summed E-state index contributed by atoms with van der Waals surface area (Å²) < 4.78 is 7.72. The van der Waals surface area contributed by atoms with E-state index in [0.717, 1.165) is 21.5 Å². The Balaban J connectivity index is 2.06. The predicted octanol–water partition coefficient (Wildman–Crippen LogP) is 5.77. The number of halogens is 2. The first kappa shape index (κ1) is 19.1. The zero-order valence-corrected chi connectivity index (χ0v) is 17.4. The molecule has 0 fully saturated rings. The Labute approximate surface area is 169 Å². The molecule has 0 amide bonds. The zero-order valence-electron chi connectivity index (χ0n) is 14.3. The van der Waals surface area contributed by atoms with E-state index in [4.69, 9.17) is 16.3 Å². The van der Waals surface area contributed by atoms with E-state index in [0.29, 0.717) is 27.4 Å². The van der Waals surface area contributed by atoms with Gasteiger partial charge >= 0.3 is 5.97 Å². The molecule has 0 atom stereocenters. The van der Waals surface area contributed by atoms with Crippen LogP contribution in [0.4, 0.5) is 0 Å². The Morgan fingerprint density at radius 3 is 2.65 bits per heavy atom.